The fourth-order valence-corrected chi connectivity index (χ4v) is 25.2. The minimum absolute atomic E-state index is 0.0354. The van der Waals surface area contributed by atoms with Crippen LogP contribution in [0.3, 0.4) is 0 Å². The summed E-state index contributed by atoms with van der Waals surface area (Å²) < 4.78 is 118. The van der Waals surface area contributed by atoms with Gasteiger partial charge in [-0.2, -0.15) is 26.1 Å². The van der Waals surface area contributed by atoms with E-state index in [-0.39, 0.29) is 127 Å². The SMILES string of the molecule is C=CCNC(=O)C(=O)C(CCC(F)(F)F)NC(=O)[C@@H]1[C@@H]2[C@H](CN1C(=O)[C@@H](NC(=O)N[C@H](CN1CCCS1(=O)=O)C(C)C)C(C)(C)C)C2(C)C.C=CCNC(=O)C(=O)C(CCC)NC(=O)[C@@H]1[C@@H]2[C@H](CN1C(=O)[C@@H](NC(=O)N[C@H](CN1CCCS1(=O)=O)C(C)(C)C)C(C)(C)C)C2(C)C.CNC(=O)C(=O)C(CC1CC1)NC(=O)[C@@H]1[C@@H]2[C@H](CN1C(=O)[C@@H](NC(=O)N[C@H](CN1CCCS1(=O)=O)C(C)C)C(C)(C)C)C2(C)C. The Morgan fingerprint density at radius 2 is 0.723 bits per heavy atom. The Labute approximate surface area is 830 Å². The number of nitrogens with one attached hydrogen (secondary N) is 12. The Morgan fingerprint density at radius 1 is 0.418 bits per heavy atom. The molecule has 15 amide bonds. The number of Topliss-reactive ketones (excluding diaryl/α,β-unsaturated/α-hetero) is 3. The first kappa shape index (κ1) is 117. The molecule has 45 heteroatoms. The lowest BCUT2D eigenvalue weighted by Gasteiger charge is -2.39. The number of urea groups is 3. The van der Waals surface area contributed by atoms with E-state index >= 15 is 0 Å². The van der Waals surface area contributed by atoms with Gasteiger partial charge in [0, 0.05) is 104 Å². The van der Waals surface area contributed by atoms with Crippen molar-refractivity contribution >= 4 is 119 Å². The van der Waals surface area contributed by atoms with E-state index in [1.165, 1.54) is 46.8 Å². The molecule has 39 nitrogen and oxygen atoms in total. The van der Waals surface area contributed by atoms with Gasteiger partial charge >= 0.3 is 24.3 Å². The number of alkyl halides is 3. The first-order chi connectivity index (χ1) is 64.8. The smallest absolute Gasteiger partial charge is 0.353 e. The number of ketones is 3. The highest BCUT2D eigenvalue weighted by Crippen LogP contribution is 2.67. The lowest BCUT2D eigenvalue weighted by Crippen LogP contribution is -2.62. The number of piperidine rings is 3. The second-order valence-electron chi connectivity index (χ2n) is 46.6. The Morgan fingerprint density at radius 3 is 0.993 bits per heavy atom. The van der Waals surface area contributed by atoms with Gasteiger partial charge in [0.15, 0.2) is 0 Å². The van der Waals surface area contributed by atoms with Gasteiger partial charge in [-0.25, -0.2) is 39.6 Å². The third-order valence-corrected chi connectivity index (χ3v) is 35.8. The summed E-state index contributed by atoms with van der Waals surface area (Å²) in [5, 5.41) is 32.0. The zero-order valence-electron chi connectivity index (χ0n) is 86.8. The van der Waals surface area contributed by atoms with Gasteiger partial charge in [-0.1, -0.05) is 191 Å². The summed E-state index contributed by atoms with van der Waals surface area (Å²) in [4.78, 5) is 205. The van der Waals surface area contributed by atoms with E-state index in [2.05, 4.69) is 90.8 Å². The zero-order valence-corrected chi connectivity index (χ0v) is 89.2. The van der Waals surface area contributed by atoms with Crippen LogP contribution in [0.1, 0.15) is 223 Å². The summed E-state index contributed by atoms with van der Waals surface area (Å²) in [7, 11) is -8.79. The van der Waals surface area contributed by atoms with E-state index in [1.807, 2.05) is 125 Å². The highest BCUT2D eigenvalue weighted by atomic mass is 32.2. The van der Waals surface area contributed by atoms with Crippen molar-refractivity contribution in [3.05, 3.63) is 25.3 Å². The zero-order chi connectivity index (χ0) is 107. The van der Waals surface area contributed by atoms with Crippen LogP contribution in [-0.2, 0) is 87.6 Å². The molecule has 4 aliphatic carbocycles. The molecule has 6 saturated heterocycles. The molecular weight excluding hydrogens is 1890 g/mol. The van der Waals surface area contributed by atoms with Crippen LogP contribution >= 0.6 is 0 Å². The third-order valence-electron chi connectivity index (χ3n) is 30.0. The van der Waals surface area contributed by atoms with Gasteiger partial charge < -0.3 is 78.5 Å². The second-order valence-corrected chi connectivity index (χ2v) is 52.9. The van der Waals surface area contributed by atoms with Gasteiger partial charge in [-0.3, -0.25) is 57.5 Å². The number of hydrogen-bond donors (Lipinski definition) is 12. The largest absolute Gasteiger partial charge is 0.389 e. The number of carbonyl (C=O) groups is 15. The van der Waals surface area contributed by atoms with Gasteiger partial charge in [0.2, 0.25) is 82.9 Å². The van der Waals surface area contributed by atoms with E-state index in [4.69, 9.17) is 0 Å². The van der Waals surface area contributed by atoms with Crippen LogP contribution in [0.5, 0.6) is 0 Å². The van der Waals surface area contributed by atoms with E-state index < -0.39 is 237 Å². The first-order valence-corrected chi connectivity index (χ1v) is 54.3. The lowest BCUT2D eigenvalue weighted by atomic mass is 9.85. The maximum atomic E-state index is 14.3. The monoisotopic (exact) mass is 2050 g/mol. The highest BCUT2D eigenvalue weighted by molar-refractivity contribution is 7.89. The number of carbonyl (C=O) groups excluding carboxylic acids is 15. The van der Waals surface area contributed by atoms with Crippen molar-refractivity contribution in [2.75, 3.05) is 96.3 Å². The van der Waals surface area contributed by atoms with Gasteiger partial charge in [0.05, 0.1) is 35.4 Å². The Kier molecular flexibility index (Phi) is 37.7. The number of hydrogen-bond acceptors (Lipinski definition) is 21. The number of sulfonamides is 3. The van der Waals surface area contributed by atoms with Crippen LogP contribution in [0.25, 0.3) is 0 Å². The van der Waals surface area contributed by atoms with Crippen molar-refractivity contribution in [1.82, 2.24) is 91.4 Å². The van der Waals surface area contributed by atoms with Crippen LogP contribution in [-0.4, -0.2) is 316 Å². The summed E-state index contributed by atoms with van der Waals surface area (Å²) >= 11 is 0. The summed E-state index contributed by atoms with van der Waals surface area (Å²) in [6.45, 7) is 52.3. The molecule has 6 heterocycles. The van der Waals surface area contributed by atoms with Crippen LogP contribution in [0.4, 0.5) is 27.6 Å². The van der Waals surface area contributed by atoms with Crippen LogP contribution in [0.15, 0.2) is 25.3 Å². The van der Waals surface area contributed by atoms with E-state index in [0.29, 0.717) is 64.8 Å². The van der Waals surface area contributed by atoms with Gasteiger partial charge in [-0.05, 0) is 130 Å². The van der Waals surface area contributed by atoms with Crippen molar-refractivity contribution < 1.29 is 110 Å². The minimum Gasteiger partial charge on any atom is -0.353 e. The molecule has 10 aliphatic rings. The molecule has 18 atom stereocenters. The number of nitrogens with zero attached hydrogens (tertiary/aromatic N) is 6. The maximum absolute atomic E-state index is 14.3. The number of fused-ring (bicyclic) bond motifs is 3. The molecule has 6 aliphatic heterocycles. The fraction of sp³-hybridized carbons (Fsp3) is 0.802. The molecule has 3 unspecified atom stereocenters. The fourth-order valence-electron chi connectivity index (χ4n) is 20.5. The number of rotatable bonds is 39. The van der Waals surface area contributed by atoms with E-state index in [0.717, 1.165) is 12.8 Å². The number of halogens is 3. The van der Waals surface area contributed by atoms with E-state index in [1.54, 1.807) is 20.8 Å². The molecule has 0 aromatic rings. The highest BCUT2D eigenvalue weighted by Gasteiger charge is 2.73. The summed E-state index contributed by atoms with van der Waals surface area (Å²) in [5.41, 5.74) is -3.63. The molecule has 798 valence electrons. The molecule has 4 saturated carbocycles. The first-order valence-electron chi connectivity index (χ1n) is 49.4. The molecule has 10 rings (SSSR count). The molecule has 141 heavy (non-hydrogen) atoms. The van der Waals surface area contributed by atoms with Crippen molar-refractivity contribution in [2.24, 2.45) is 91.2 Å². The van der Waals surface area contributed by atoms with Gasteiger partial charge in [0.25, 0.3) is 17.7 Å². The van der Waals surface area contributed by atoms with Crippen molar-refractivity contribution in [2.45, 2.75) is 302 Å². The normalized spacial score (nSPS) is 25.7. The molecule has 0 aromatic heterocycles. The molecule has 0 bridgehead atoms. The quantitative estimate of drug-likeness (QED) is 0.0296. The van der Waals surface area contributed by atoms with Crippen LogP contribution in [0, 0.1) is 91.2 Å². The molecule has 0 radical (unpaired) electrons. The van der Waals surface area contributed by atoms with E-state index in [9.17, 15) is 110 Å². The topological polar surface area (TPSA) is 522 Å². The average Bonchev–Trinajstić information content (AvgIpc) is 1.53. The second kappa shape index (κ2) is 45.4. The summed E-state index contributed by atoms with van der Waals surface area (Å²) in [5.74, 6) is -9.15. The van der Waals surface area contributed by atoms with Gasteiger partial charge in [-0.15, -0.1) is 13.2 Å². The van der Waals surface area contributed by atoms with Crippen molar-refractivity contribution in [3.63, 3.8) is 0 Å². The molecule has 0 spiro atoms. The standard InChI is InChI=1S/C33H56N6O7S.C32H51F3N6O7S.C31H52N6O7S/c1-11-14-21(25(40)28(42)34-15-12-2)35-27(41)24-23-20(33(23,9)10)18-39(24)29(43)26(32(6,7)8)37-30(44)36-22(31(3,4)5)19-38-16-13-17-47(38,45)46;1-9-13-36-27(44)24(42)20(11-12-32(33,34)35)37-26(43)23-22-19(31(22,7)8)16-41(23)28(45)25(30(4,5)6)39-29(46)38-21(18(2)3)17-40-14-10-15-49(40,47)48;1-17(2)21(16-36-12-9-13-45(36,43)44)34-29(42)35-25(30(3,4)5)28(41)37-15-19-22(31(19,6)7)23(37)26(39)33-20(14-18-10-11-18)24(38)27(40)32-8/h12,20-24,26H,2,11,13-19H2,1,3-10H3,(H,34,42)(H,35,41)(H2,36,37,44);9,18-23,25H,1,10-17H2,2-8H3,(H,36,44)(H,37,43)(H2,38,39,46);17-23,25H,9-16H2,1-8H3,(H,32,40)(H,33,39)(H2,34,35,42)/t20-,21?,22+,23-,24-,26+;2*19-,20?,21+,22-,23-,25+/m000/s1. The molecule has 0 aromatic carbocycles. The minimum atomic E-state index is -4.66. The van der Waals surface area contributed by atoms with Crippen LogP contribution in [0.2, 0.25) is 0 Å². The van der Waals surface area contributed by atoms with Crippen LogP contribution < -0.4 is 63.8 Å². The third kappa shape index (κ3) is 29.1. The number of likely N-dealkylation sites (N-methyl/N-ethyl adjacent to an activating group) is 1. The van der Waals surface area contributed by atoms with Crippen molar-refractivity contribution in [3.8, 4) is 0 Å². The molecule has 10 fully saturated rings. The lowest BCUT2D eigenvalue weighted by molar-refractivity contribution is -0.148. The maximum Gasteiger partial charge on any atom is 0.389 e. The Bertz CT molecular complexity index is 5040. The van der Waals surface area contributed by atoms with Crippen molar-refractivity contribution in [1.29, 1.82) is 0 Å². The predicted molar refractivity (Wildman–Crippen MR) is 523 cm³/mol. The van der Waals surface area contributed by atoms with Gasteiger partial charge in [0.1, 0.15) is 36.3 Å². The molecule has 12 N–H and O–H groups in total. The Hall–Kier alpha value is -8.95. The summed E-state index contributed by atoms with van der Waals surface area (Å²) in [6, 6.07) is -13.4. The number of likely N-dealkylation sites (tertiary alicyclic amines) is 3. The predicted octanol–water partition coefficient (Wildman–Crippen LogP) is 4.58. The summed E-state index contributed by atoms with van der Waals surface area (Å²) in [6.07, 6.45) is 0.373. The number of amides is 15. The Balaban J connectivity index is 0.000000259. The average molecular weight is 2050 g/mol. The molecular formula is C96H159F3N18O21S3.